The first-order valence-corrected chi connectivity index (χ1v) is 14.0. The summed E-state index contributed by atoms with van der Waals surface area (Å²) in [4.78, 5) is 15.6. The van der Waals surface area contributed by atoms with Gasteiger partial charge in [-0.05, 0) is 68.5 Å². The maximum atomic E-state index is 13.7. The number of nitrogens with one attached hydrogen (secondary N) is 1. The van der Waals surface area contributed by atoms with E-state index in [-0.39, 0.29) is 17.7 Å². The van der Waals surface area contributed by atoms with Crippen molar-refractivity contribution in [2.24, 2.45) is 0 Å². The van der Waals surface area contributed by atoms with E-state index in [0.29, 0.717) is 48.2 Å². The Hall–Kier alpha value is -3.48. The number of amides is 1. The summed E-state index contributed by atoms with van der Waals surface area (Å²) in [5.41, 5.74) is 5.26. The lowest BCUT2D eigenvalue weighted by Gasteiger charge is -2.27. The van der Waals surface area contributed by atoms with Gasteiger partial charge in [-0.25, -0.2) is 0 Å². The zero-order valence-electron chi connectivity index (χ0n) is 23.4. The molecule has 7 nitrogen and oxygen atoms in total. The van der Waals surface area contributed by atoms with Crippen LogP contribution in [0.25, 0.3) is 11.3 Å². The highest BCUT2D eigenvalue weighted by molar-refractivity contribution is 6.00. The number of hydrogen-bond donors (Lipinski definition) is 2. The lowest BCUT2D eigenvalue weighted by Crippen LogP contribution is -2.30. The SMILES string of the molecule is CCCCCOc1ccc(C2c3c(-c4cc(C)cc(C)c4O)n[nH]c3C(=O)N2CCCCC)cc1OCC. The number of benzene rings is 2. The molecule has 1 aromatic heterocycles. The van der Waals surface area contributed by atoms with E-state index in [1.165, 1.54) is 0 Å². The molecular weight excluding hydrogens is 478 g/mol. The van der Waals surface area contributed by atoms with E-state index in [1.54, 1.807) is 0 Å². The summed E-state index contributed by atoms with van der Waals surface area (Å²) >= 11 is 0. The number of nitrogens with zero attached hydrogens (tertiary/aromatic N) is 2. The summed E-state index contributed by atoms with van der Waals surface area (Å²) in [6.45, 7) is 12.0. The molecule has 0 saturated carbocycles. The molecule has 1 amide bonds. The monoisotopic (exact) mass is 519 g/mol. The summed E-state index contributed by atoms with van der Waals surface area (Å²) in [6, 6.07) is 9.49. The van der Waals surface area contributed by atoms with Crippen molar-refractivity contribution in [3.05, 3.63) is 58.3 Å². The number of phenols is 1. The molecule has 0 spiro atoms. The van der Waals surface area contributed by atoms with Gasteiger partial charge < -0.3 is 19.5 Å². The quantitative estimate of drug-likeness (QED) is 0.235. The first kappa shape index (κ1) is 27.6. The zero-order chi connectivity index (χ0) is 27.2. The third-order valence-corrected chi connectivity index (χ3v) is 7.16. The third-order valence-electron chi connectivity index (χ3n) is 7.16. The van der Waals surface area contributed by atoms with E-state index >= 15 is 0 Å². The van der Waals surface area contributed by atoms with Crippen LogP contribution in [0, 0.1) is 13.8 Å². The molecule has 2 N–H and O–H groups in total. The van der Waals surface area contributed by atoms with E-state index in [4.69, 9.17) is 9.47 Å². The van der Waals surface area contributed by atoms with E-state index in [2.05, 4.69) is 24.0 Å². The molecule has 38 heavy (non-hydrogen) atoms. The molecule has 7 heteroatoms. The Balaban J connectivity index is 1.80. The van der Waals surface area contributed by atoms with Crippen LogP contribution in [-0.4, -0.2) is 45.9 Å². The van der Waals surface area contributed by atoms with Crippen LogP contribution in [0.2, 0.25) is 0 Å². The number of aromatic nitrogens is 2. The molecule has 1 atom stereocenters. The van der Waals surface area contributed by atoms with E-state index in [0.717, 1.165) is 60.8 Å². The molecular formula is C31H41N3O4. The van der Waals surface area contributed by atoms with Gasteiger partial charge in [0, 0.05) is 17.7 Å². The summed E-state index contributed by atoms with van der Waals surface area (Å²) in [5, 5.41) is 18.5. The topological polar surface area (TPSA) is 87.7 Å². The fourth-order valence-electron chi connectivity index (χ4n) is 5.27. The molecule has 204 valence electrons. The zero-order valence-corrected chi connectivity index (χ0v) is 23.4. The molecule has 0 saturated heterocycles. The van der Waals surface area contributed by atoms with Crippen molar-refractivity contribution >= 4 is 5.91 Å². The average molecular weight is 520 g/mol. The van der Waals surface area contributed by atoms with Crippen molar-refractivity contribution in [2.75, 3.05) is 19.8 Å². The number of carbonyl (C=O) groups is 1. The van der Waals surface area contributed by atoms with Gasteiger partial charge in [0.05, 0.1) is 19.3 Å². The molecule has 2 aromatic carbocycles. The number of unbranched alkanes of at least 4 members (excludes halogenated alkanes) is 4. The van der Waals surface area contributed by atoms with Crippen molar-refractivity contribution in [3.63, 3.8) is 0 Å². The Morgan fingerprint density at radius 2 is 1.74 bits per heavy atom. The fourth-order valence-corrected chi connectivity index (χ4v) is 5.27. The number of ether oxygens (including phenoxy) is 2. The number of aryl methyl sites for hydroxylation is 2. The fraction of sp³-hybridized carbons (Fsp3) is 0.484. The Kier molecular flexibility index (Phi) is 8.97. The van der Waals surface area contributed by atoms with Crippen LogP contribution in [-0.2, 0) is 0 Å². The van der Waals surface area contributed by atoms with E-state index < -0.39 is 0 Å². The molecule has 0 aliphatic carbocycles. The van der Waals surface area contributed by atoms with E-state index in [1.807, 2.05) is 56.0 Å². The van der Waals surface area contributed by atoms with Gasteiger partial charge in [0.2, 0.25) is 0 Å². The van der Waals surface area contributed by atoms with Crippen molar-refractivity contribution in [3.8, 4) is 28.5 Å². The van der Waals surface area contributed by atoms with Crippen molar-refractivity contribution in [2.45, 2.75) is 79.2 Å². The standard InChI is InChI=1S/C31H41N3O4/c1-6-9-11-15-34-29(22-13-14-24(25(19-22)37-8-3)38-16-12-10-7-2)26-27(32-33-28(26)31(34)36)23-18-20(4)17-21(5)30(23)35/h13-14,17-19,29,35H,6-12,15-16H2,1-5H3,(H,32,33). The van der Waals surface area contributed by atoms with Gasteiger partial charge in [0.25, 0.3) is 5.91 Å². The molecule has 1 unspecified atom stereocenters. The highest BCUT2D eigenvalue weighted by Crippen LogP contribution is 2.46. The van der Waals surface area contributed by atoms with Gasteiger partial charge in [-0.3, -0.25) is 9.89 Å². The second kappa shape index (κ2) is 12.4. The van der Waals surface area contributed by atoms with Crippen LogP contribution in [0.5, 0.6) is 17.2 Å². The Morgan fingerprint density at radius 3 is 2.47 bits per heavy atom. The van der Waals surface area contributed by atoms with Gasteiger partial charge >= 0.3 is 0 Å². The lowest BCUT2D eigenvalue weighted by atomic mass is 9.93. The number of aromatic amines is 1. The third kappa shape index (κ3) is 5.52. The van der Waals surface area contributed by atoms with Gasteiger partial charge in [0.1, 0.15) is 17.1 Å². The Labute approximate surface area is 226 Å². The van der Waals surface area contributed by atoms with Crippen LogP contribution in [0.3, 0.4) is 0 Å². The molecule has 2 heterocycles. The number of H-pyrrole nitrogens is 1. The second-order valence-corrected chi connectivity index (χ2v) is 10.1. The minimum absolute atomic E-state index is 0.0680. The molecule has 1 aliphatic rings. The van der Waals surface area contributed by atoms with Crippen LogP contribution in [0.4, 0.5) is 0 Å². The van der Waals surface area contributed by atoms with Crippen molar-refractivity contribution in [1.29, 1.82) is 0 Å². The summed E-state index contributed by atoms with van der Waals surface area (Å²) < 4.78 is 12.1. The van der Waals surface area contributed by atoms with Gasteiger partial charge in [-0.1, -0.05) is 51.7 Å². The van der Waals surface area contributed by atoms with Crippen LogP contribution >= 0.6 is 0 Å². The van der Waals surface area contributed by atoms with Gasteiger partial charge in [-0.2, -0.15) is 5.10 Å². The highest BCUT2D eigenvalue weighted by Gasteiger charge is 2.42. The second-order valence-electron chi connectivity index (χ2n) is 10.1. The largest absolute Gasteiger partial charge is 0.507 e. The van der Waals surface area contributed by atoms with Gasteiger partial charge in [0.15, 0.2) is 11.5 Å². The maximum Gasteiger partial charge on any atom is 0.273 e. The molecule has 0 radical (unpaired) electrons. The summed E-state index contributed by atoms with van der Waals surface area (Å²) in [5.74, 6) is 1.51. The maximum absolute atomic E-state index is 13.7. The first-order valence-electron chi connectivity index (χ1n) is 14.0. The number of fused-ring (bicyclic) bond motifs is 1. The molecule has 0 fully saturated rings. The summed E-state index contributed by atoms with van der Waals surface area (Å²) in [6.07, 6.45) is 6.28. The van der Waals surface area contributed by atoms with Crippen LogP contribution in [0.1, 0.15) is 98.1 Å². The molecule has 1 aliphatic heterocycles. The van der Waals surface area contributed by atoms with Gasteiger partial charge in [-0.15, -0.1) is 0 Å². The minimum Gasteiger partial charge on any atom is -0.507 e. The van der Waals surface area contributed by atoms with Crippen LogP contribution < -0.4 is 9.47 Å². The Bertz CT molecular complexity index is 1270. The molecule has 0 bridgehead atoms. The van der Waals surface area contributed by atoms with E-state index in [9.17, 15) is 9.90 Å². The number of hydrogen-bond acceptors (Lipinski definition) is 5. The highest BCUT2D eigenvalue weighted by atomic mass is 16.5. The minimum atomic E-state index is -0.350. The lowest BCUT2D eigenvalue weighted by molar-refractivity contribution is 0.0740. The number of phenolic OH excluding ortho intramolecular Hbond substituents is 1. The molecule has 3 aromatic rings. The number of rotatable bonds is 13. The number of carbonyl (C=O) groups excluding carboxylic acids is 1. The predicted molar refractivity (Wildman–Crippen MR) is 150 cm³/mol. The summed E-state index contributed by atoms with van der Waals surface area (Å²) in [7, 11) is 0. The van der Waals surface area contributed by atoms with Crippen LogP contribution in [0.15, 0.2) is 30.3 Å². The molecule has 4 rings (SSSR count). The smallest absolute Gasteiger partial charge is 0.273 e. The normalized spacial score (nSPS) is 14.7. The number of aromatic hydroxyl groups is 1. The van der Waals surface area contributed by atoms with Crippen molar-refractivity contribution < 1.29 is 19.4 Å². The average Bonchev–Trinajstić information content (AvgIpc) is 3.44. The predicted octanol–water partition coefficient (Wildman–Crippen LogP) is 7.10. The van der Waals surface area contributed by atoms with Crippen molar-refractivity contribution in [1.82, 2.24) is 15.1 Å². The Morgan fingerprint density at radius 1 is 0.974 bits per heavy atom. The first-order chi connectivity index (χ1) is 18.4.